The van der Waals surface area contributed by atoms with Crippen LogP contribution in [0.3, 0.4) is 0 Å². The third-order valence-corrected chi connectivity index (χ3v) is 3.68. The summed E-state index contributed by atoms with van der Waals surface area (Å²) in [5.41, 5.74) is -0.0437. The summed E-state index contributed by atoms with van der Waals surface area (Å²) in [6.45, 7) is 2.62. The largest absolute Gasteiger partial charge is 0.373 e. The number of aryl methyl sites for hydroxylation is 1. The lowest BCUT2D eigenvalue weighted by Gasteiger charge is -2.20. The summed E-state index contributed by atoms with van der Waals surface area (Å²) in [6.07, 6.45) is 7.27. The number of fused-ring (bicyclic) bond motifs is 2. The van der Waals surface area contributed by atoms with Crippen LogP contribution in [-0.2, 0) is 11.3 Å². The molecule has 2 aliphatic heterocycles. The molecule has 0 spiro atoms. The number of nitrogens with zero attached hydrogens (tertiary/aromatic N) is 2. The molecule has 0 saturated carbocycles. The molecule has 0 aromatic carbocycles. The van der Waals surface area contributed by atoms with Crippen LogP contribution in [0.25, 0.3) is 0 Å². The Morgan fingerprint density at radius 2 is 2.47 bits per heavy atom. The summed E-state index contributed by atoms with van der Waals surface area (Å²) in [7, 11) is 0. The highest BCUT2D eigenvalue weighted by Gasteiger charge is 2.41. The zero-order valence-corrected chi connectivity index (χ0v) is 9.93. The average molecular weight is 235 g/mol. The topological polar surface area (TPSA) is 56.1 Å². The van der Waals surface area contributed by atoms with E-state index in [1.54, 1.807) is 17.0 Å². The van der Waals surface area contributed by atoms with Crippen LogP contribution in [0, 0.1) is 0 Å². The fourth-order valence-corrected chi connectivity index (χ4v) is 2.76. The summed E-state index contributed by atoms with van der Waals surface area (Å²) in [4.78, 5) is 16.1. The minimum absolute atomic E-state index is 0.0437. The molecule has 0 radical (unpaired) electrons. The first-order chi connectivity index (χ1) is 8.28. The Bertz CT molecular complexity index is 471. The van der Waals surface area contributed by atoms with Crippen LogP contribution >= 0.6 is 0 Å². The molecule has 5 heteroatoms. The van der Waals surface area contributed by atoms with Crippen LogP contribution < -0.4 is 10.9 Å². The van der Waals surface area contributed by atoms with Gasteiger partial charge >= 0.3 is 0 Å². The molecule has 2 bridgehead atoms. The predicted octanol–water partition coefficient (Wildman–Crippen LogP) is 0.995. The molecule has 2 aliphatic rings. The standard InChI is InChI=1S/C12H17N3O2/c1-2-15-6-5-13-11(12(15)16)14-9-7-8-3-4-10(9)17-8/h5-6,8-10H,2-4,7H2,1H3,(H,13,14). The molecule has 3 atom stereocenters. The summed E-state index contributed by atoms with van der Waals surface area (Å²) in [5.74, 6) is 0.454. The number of hydrogen-bond donors (Lipinski definition) is 1. The molecule has 2 fully saturated rings. The fraction of sp³-hybridized carbons (Fsp3) is 0.667. The zero-order chi connectivity index (χ0) is 11.8. The smallest absolute Gasteiger partial charge is 0.293 e. The van der Waals surface area contributed by atoms with Gasteiger partial charge in [0, 0.05) is 18.9 Å². The molecule has 3 unspecified atom stereocenters. The maximum atomic E-state index is 12.0. The van der Waals surface area contributed by atoms with Gasteiger partial charge in [0.1, 0.15) is 0 Å². The van der Waals surface area contributed by atoms with Gasteiger partial charge in [0.05, 0.1) is 18.2 Å². The van der Waals surface area contributed by atoms with Crippen molar-refractivity contribution in [1.82, 2.24) is 9.55 Å². The van der Waals surface area contributed by atoms with Crippen molar-refractivity contribution < 1.29 is 4.74 Å². The van der Waals surface area contributed by atoms with Gasteiger partial charge in [-0.25, -0.2) is 4.98 Å². The highest BCUT2D eigenvalue weighted by Crippen LogP contribution is 2.35. The van der Waals surface area contributed by atoms with Crippen LogP contribution in [0.1, 0.15) is 26.2 Å². The molecule has 1 aromatic heterocycles. The van der Waals surface area contributed by atoms with E-state index in [0.717, 1.165) is 19.3 Å². The first kappa shape index (κ1) is 10.8. The van der Waals surface area contributed by atoms with E-state index in [1.807, 2.05) is 6.92 Å². The Morgan fingerprint density at radius 1 is 1.59 bits per heavy atom. The first-order valence-corrected chi connectivity index (χ1v) is 6.25. The maximum absolute atomic E-state index is 12.0. The molecule has 3 heterocycles. The molecule has 1 N–H and O–H groups in total. The number of aromatic nitrogens is 2. The molecular formula is C12H17N3O2. The third kappa shape index (κ3) is 1.84. The number of anilines is 1. The van der Waals surface area contributed by atoms with Crippen molar-refractivity contribution in [2.24, 2.45) is 0 Å². The molecule has 1 aromatic rings. The minimum atomic E-state index is -0.0437. The molecule has 17 heavy (non-hydrogen) atoms. The molecule has 0 aliphatic carbocycles. The van der Waals surface area contributed by atoms with Crippen molar-refractivity contribution >= 4 is 5.82 Å². The van der Waals surface area contributed by atoms with Gasteiger partial charge in [0.25, 0.3) is 5.56 Å². The third-order valence-electron chi connectivity index (χ3n) is 3.68. The Kier molecular flexibility index (Phi) is 2.63. The predicted molar refractivity (Wildman–Crippen MR) is 64.1 cm³/mol. The molecule has 5 nitrogen and oxygen atoms in total. The summed E-state index contributed by atoms with van der Waals surface area (Å²) in [5, 5.41) is 3.25. The van der Waals surface area contributed by atoms with Gasteiger partial charge in [-0.15, -0.1) is 0 Å². The Hall–Kier alpha value is -1.36. The quantitative estimate of drug-likeness (QED) is 0.849. The Balaban J connectivity index is 1.79. The summed E-state index contributed by atoms with van der Waals surface area (Å²) >= 11 is 0. The van der Waals surface area contributed by atoms with Gasteiger partial charge < -0.3 is 14.6 Å². The number of rotatable bonds is 3. The number of ether oxygens (including phenoxy) is 1. The van der Waals surface area contributed by atoms with E-state index in [4.69, 9.17) is 4.74 Å². The van der Waals surface area contributed by atoms with Crippen molar-refractivity contribution in [1.29, 1.82) is 0 Å². The van der Waals surface area contributed by atoms with Crippen molar-refractivity contribution in [3.8, 4) is 0 Å². The molecule has 92 valence electrons. The lowest BCUT2D eigenvalue weighted by Crippen LogP contribution is -2.34. The van der Waals surface area contributed by atoms with Crippen molar-refractivity contribution in [3.63, 3.8) is 0 Å². The first-order valence-electron chi connectivity index (χ1n) is 6.25. The zero-order valence-electron chi connectivity index (χ0n) is 9.93. The average Bonchev–Trinajstić information content (AvgIpc) is 2.94. The van der Waals surface area contributed by atoms with E-state index in [1.165, 1.54) is 0 Å². The van der Waals surface area contributed by atoms with E-state index in [-0.39, 0.29) is 17.7 Å². The molecule has 0 amide bonds. The van der Waals surface area contributed by atoms with Gasteiger partial charge in [-0.2, -0.15) is 0 Å². The molecule has 3 rings (SSSR count). The highest BCUT2D eigenvalue weighted by molar-refractivity contribution is 5.33. The second kappa shape index (κ2) is 4.14. The van der Waals surface area contributed by atoms with E-state index in [9.17, 15) is 4.79 Å². The van der Waals surface area contributed by atoms with Crippen molar-refractivity contribution in [3.05, 3.63) is 22.7 Å². The van der Waals surface area contributed by atoms with Gasteiger partial charge in [0.15, 0.2) is 5.82 Å². The lowest BCUT2D eigenvalue weighted by molar-refractivity contribution is 0.102. The van der Waals surface area contributed by atoms with E-state index < -0.39 is 0 Å². The lowest BCUT2D eigenvalue weighted by atomic mass is 9.95. The second-order valence-electron chi connectivity index (χ2n) is 4.73. The van der Waals surface area contributed by atoms with E-state index in [0.29, 0.717) is 18.5 Å². The Labute approximate surface area is 99.8 Å². The Morgan fingerprint density at radius 3 is 3.12 bits per heavy atom. The minimum Gasteiger partial charge on any atom is -0.373 e. The maximum Gasteiger partial charge on any atom is 0.293 e. The van der Waals surface area contributed by atoms with Gasteiger partial charge in [0.2, 0.25) is 0 Å². The van der Waals surface area contributed by atoms with Crippen LogP contribution in [0.4, 0.5) is 5.82 Å². The van der Waals surface area contributed by atoms with E-state index >= 15 is 0 Å². The monoisotopic (exact) mass is 235 g/mol. The number of nitrogens with one attached hydrogen (secondary N) is 1. The van der Waals surface area contributed by atoms with E-state index in [2.05, 4.69) is 10.3 Å². The normalized spacial score (nSPS) is 30.8. The van der Waals surface area contributed by atoms with Crippen LogP contribution in [0.15, 0.2) is 17.2 Å². The van der Waals surface area contributed by atoms with Crippen LogP contribution in [0.5, 0.6) is 0 Å². The van der Waals surface area contributed by atoms with Crippen molar-refractivity contribution in [2.75, 3.05) is 5.32 Å². The number of hydrogen-bond acceptors (Lipinski definition) is 4. The molecule has 2 saturated heterocycles. The highest BCUT2D eigenvalue weighted by atomic mass is 16.5. The van der Waals surface area contributed by atoms with Crippen LogP contribution in [-0.4, -0.2) is 27.8 Å². The second-order valence-corrected chi connectivity index (χ2v) is 4.73. The SMILES string of the molecule is CCn1ccnc(NC2CC3CCC2O3)c1=O. The van der Waals surface area contributed by atoms with Gasteiger partial charge in [-0.1, -0.05) is 0 Å². The summed E-state index contributed by atoms with van der Waals surface area (Å²) in [6, 6.07) is 0.252. The van der Waals surface area contributed by atoms with Crippen LogP contribution in [0.2, 0.25) is 0 Å². The van der Waals surface area contributed by atoms with Gasteiger partial charge in [-0.3, -0.25) is 4.79 Å². The van der Waals surface area contributed by atoms with Gasteiger partial charge in [-0.05, 0) is 26.2 Å². The fourth-order valence-electron chi connectivity index (χ4n) is 2.76. The summed E-state index contributed by atoms with van der Waals surface area (Å²) < 4.78 is 7.41. The van der Waals surface area contributed by atoms with Crippen molar-refractivity contribution in [2.45, 2.75) is 51.0 Å². The molecular weight excluding hydrogens is 218 g/mol.